The van der Waals surface area contributed by atoms with Crippen molar-refractivity contribution in [3.63, 3.8) is 0 Å². The number of benzene rings is 5. The molecule has 0 aliphatic heterocycles. The Bertz CT molecular complexity index is 1390. The summed E-state index contributed by atoms with van der Waals surface area (Å²) in [4.78, 5) is 4.49. The number of para-hydroxylation sites is 2. The normalized spacial score (nSPS) is 10.8. The molecule has 0 saturated heterocycles. The van der Waals surface area contributed by atoms with Gasteiger partial charge in [0, 0.05) is 17.3 Å². The van der Waals surface area contributed by atoms with Crippen molar-refractivity contribution in [3.05, 3.63) is 109 Å². The van der Waals surface area contributed by atoms with Gasteiger partial charge in [0.05, 0.1) is 5.69 Å². The topological polar surface area (TPSA) is 32.6 Å². The first kappa shape index (κ1) is 22.6. The number of aromatic hydroxyl groups is 1. The Balaban J connectivity index is 0.000000775. The van der Waals surface area contributed by atoms with E-state index in [9.17, 15) is 5.11 Å². The number of phenolic OH excluding ortho intramolecular Hbond substituents is 1. The van der Waals surface area contributed by atoms with Crippen molar-refractivity contribution in [2.24, 2.45) is 4.99 Å². The van der Waals surface area contributed by atoms with Crippen LogP contribution in [0.2, 0.25) is 0 Å². The van der Waals surface area contributed by atoms with Gasteiger partial charge in [-0.3, -0.25) is 4.99 Å². The second kappa shape index (κ2) is 10.8. The summed E-state index contributed by atoms with van der Waals surface area (Å²) in [6, 6.07) is 34.5. The average Bonchev–Trinajstić information content (AvgIpc) is 2.83. The summed E-state index contributed by atoms with van der Waals surface area (Å²) in [5.41, 5.74) is 3.38. The zero-order valence-corrected chi connectivity index (χ0v) is 20.1. The van der Waals surface area contributed by atoms with Gasteiger partial charge in [0.15, 0.2) is 0 Å². The zero-order chi connectivity index (χ0) is 22.3. The monoisotopic (exact) mass is 491 g/mol. The van der Waals surface area contributed by atoms with Gasteiger partial charge < -0.3 is 5.11 Å². The van der Waals surface area contributed by atoms with Crippen molar-refractivity contribution >= 4 is 52.1 Å². The van der Waals surface area contributed by atoms with Crippen LogP contribution in [0.4, 0.5) is 5.69 Å². The molecule has 0 unspecified atom stereocenters. The van der Waals surface area contributed by atoms with Crippen LogP contribution in [0.3, 0.4) is 0 Å². The number of rotatable bonds is 3. The Morgan fingerprint density at radius 3 is 2.00 bits per heavy atom. The number of phenols is 1. The SMILES string of the molecule is Oc1c(C=Nc2ccccc2)cccc1-c1cccc2cc3ccccc3cc12.[Cl][Ti][Cl]. The van der Waals surface area contributed by atoms with Gasteiger partial charge in [-0.1, -0.05) is 72.8 Å². The fourth-order valence-corrected chi connectivity index (χ4v) is 3.74. The molecule has 32 heavy (non-hydrogen) atoms. The van der Waals surface area contributed by atoms with E-state index < -0.39 is 17.0 Å². The zero-order valence-electron chi connectivity index (χ0n) is 17.0. The minimum absolute atomic E-state index is 0.243. The third-order valence-corrected chi connectivity index (χ3v) is 5.21. The predicted octanol–water partition coefficient (Wildman–Crippen LogP) is 8.49. The first-order valence-electron chi connectivity index (χ1n) is 10.0. The maximum absolute atomic E-state index is 11.0. The first-order valence-corrected chi connectivity index (χ1v) is 14.3. The quantitative estimate of drug-likeness (QED) is 0.153. The van der Waals surface area contributed by atoms with Gasteiger partial charge in [0.2, 0.25) is 0 Å². The van der Waals surface area contributed by atoms with Crippen LogP contribution in [-0.4, -0.2) is 11.3 Å². The molecular weight excluding hydrogens is 473 g/mol. The fourth-order valence-electron chi connectivity index (χ4n) is 3.74. The van der Waals surface area contributed by atoms with Crippen LogP contribution >= 0.6 is 18.6 Å². The Labute approximate surface area is 203 Å². The van der Waals surface area contributed by atoms with Crippen molar-refractivity contribution < 1.29 is 22.1 Å². The second-order valence-corrected chi connectivity index (χ2v) is 9.71. The van der Waals surface area contributed by atoms with Crippen LogP contribution in [0.25, 0.3) is 32.7 Å². The van der Waals surface area contributed by atoms with Crippen LogP contribution in [0, 0.1) is 0 Å². The van der Waals surface area contributed by atoms with Crippen LogP contribution in [0.1, 0.15) is 5.56 Å². The molecule has 0 heterocycles. The number of hydrogen-bond donors (Lipinski definition) is 1. The number of fused-ring (bicyclic) bond motifs is 2. The third kappa shape index (κ3) is 5.06. The molecular formula is C27H19Cl2NOTi. The summed E-state index contributed by atoms with van der Waals surface area (Å²) in [6.45, 7) is 0. The molecule has 0 saturated carbocycles. The van der Waals surface area contributed by atoms with E-state index in [1.54, 1.807) is 6.21 Å². The van der Waals surface area contributed by atoms with Gasteiger partial charge >= 0.3 is 35.6 Å². The van der Waals surface area contributed by atoms with E-state index in [2.05, 4.69) is 53.5 Å². The van der Waals surface area contributed by atoms with E-state index >= 15 is 0 Å². The van der Waals surface area contributed by atoms with E-state index in [1.807, 2.05) is 54.6 Å². The average molecular weight is 492 g/mol. The third-order valence-electron chi connectivity index (χ3n) is 5.21. The molecule has 0 atom stereocenters. The van der Waals surface area contributed by atoms with Crippen molar-refractivity contribution in [2.75, 3.05) is 0 Å². The van der Waals surface area contributed by atoms with Crippen molar-refractivity contribution in [1.82, 2.24) is 0 Å². The molecule has 0 spiro atoms. The molecule has 2 nitrogen and oxygen atoms in total. The van der Waals surface area contributed by atoms with Crippen LogP contribution in [0.5, 0.6) is 5.75 Å². The molecule has 5 aromatic carbocycles. The molecule has 0 aliphatic rings. The molecule has 5 rings (SSSR count). The van der Waals surface area contributed by atoms with E-state index in [0.29, 0.717) is 5.56 Å². The molecule has 0 aromatic heterocycles. The Kier molecular flexibility index (Phi) is 7.62. The molecule has 156 valence electrons. The molecule has 0 radical (unpaired) electrons. The summed E-state index contributed by atoms with van der Waals surface area (Å²) in [6.07, 6.45) is 1.72. The summed E-state index contributed by atoms with van der Waals surface area (Å²) < 4.78 is 0. The molecule has 5 heteroatoms. The predicted molar refractivity (Wildman–Crippen MR) is 134 cm³/mol. The van der Waals surface area contributed by atoms with E-state index in [0.717, 1.165) is 27.6 Å². The molecule has 0 bridgehead atoms. The van der Waals surface area contributed by atoms with Gasteiger partial charge in [-0.25, -0.2) is 0 Å². The summed E-state index contributed by atoms with van der Waals surface area (Å²) >= 11 is -0.556. The molecule has 0 fully saturated rings. The Morgan fingerprint density at radius 2 is 1.25 bits per heavy atom. The number of nitrogens with zero attached hydrogens (tertiary/aromatic N) is 1. The van der Waals surface area contributed by atoms with Gasteiger partial charge in [-0.15, -0.1) is 0 Å². The van der Waals surface area contributed by atoms with E-state index in [-0.39, 0.29) is 5.75 Å². The van der Waals surface area contributed by atoms with Crippen molar-refractivity contribution in [2.45, 2.75) is 0 Å². The Morgan fingerprint density at radius 1 is 0.656 bits per heavy atom. The van der Waals surface area contributed by atoms with Crippen LogP contribution < -0.4 is 0 Å². The minimum atomic E-state index is -0.556. The summed E-state index contributed by atoms with van der Waals surface area (Å²) in [5.74, 6) is 0.243. The number of halogens is 2. The van der Waals surface area contributed by atoms with Crippen molar-refractivity contribution in [3.8, 4) is 16.9 Å². The van der Waals surface area contributed by atoms with E-state index in [4.69, 9.17) is 18.6 Å². The van der Waals surface area contributed by atoms with Gasteiger partial charge in [0.1, 0.15) is 5.75 Å². The van der Waals surface area contributed by atoms with Gasteiger partial charge in [-0.2, -0.15) is 0 Å². The van der Waals surface area contributed by atoms with Gasteiger partial charge in [0.25, 0.3) is 0 Å². The molecule has 5 aromatic rings. The molecule has 0 aliphatic carbocycles. The molecule has 1 N–H and O–H groups in total. The molecule has 0 amide bonds. The maximum atomic E-state index is 11.0. The van der Waals surface area contributed by atoms with Crippen LogP contribution in [-0.2, 0) is 17.0 Å². The van der Waals surface area contributed by atoms with Crippen molar-refractivity contribution in [1.29, 1.82) is 0 Å². The Hall–Kier alpha value is -2.62. The standard InChI is InChI=1S/C27H19NO.2ClH.Ti/c29-27-22(18-28-23-12-2-1-3-13-23)11-7-15-25(27)24-14-6-10-21-16-19-8-4-5-9-20(19)17-26(21)24;;;/h1-18,29H;2*1H;/q;;;+2/p-2. The summed E-state index contributed by atoms with van der Waals surface area (Å²) in [7, 11) is 9.78. The van der Waals surface area contributed by atoms with Crippen LogP contribution in [0.15, 0.2) is 108 Å². The van der Waals surface area contributed by atoms with Gasteiger partial charge in [-0.05, 0) is 57.4 Å². The number of aliphatic imine (C=N–C) groups is 1. The summed E-state index contributed by atoms with van der Waals surface area (Å²) in [5, 5.41) is 15.7. The fraction of sp³-hybridized carbons (Fsp3) is 0. The van der Waals surface area contributed by atoms with E-state index in [1.165, 1.54) is 10.8 Å². The second-order valence-electron chi connectivity index (χ2n) is 7.13. The first-order chi connectivity index (χ1) is 15.7. The number of hydrogen-bond acceptors (Lipinski definition) is 2.